The van der Waals surface area contributed by atoms with Crippen LogP contribution in [-0.4, -0.2) is 34.9 Å². The fourth-order valence-electron chi connectivity index (χ4n) is 3.88. The monoisotopic (exact) mass is 374 g/mol. The van der Waals surface area contributed by atoms with E-state index in [2.05, 4.69) is 39.5 Å². The van der Waals surface area contributed by atoms with Gasteiger partial charge in [-0.2, -0.15) is 0 Å². The topological polar surface area (TPSA) is 71.2 Å². The molecule has 0 radical (unpaired) electrons. The minimum atomic E-state index is -0.0725. The maximum absolute atomic E-state index is 11.4. The molecule has 5 nitrogen and oxygen atoms in total. The minimum Gasteiger partial charge on any atom is -0.328 e. The first-order valence-corrected chi connectivity index (χ1v) is 9.81. The Bertz CT molecular complexity index is 993. The molecule has 0 bridgehead atoms. The maximum Gasteiger partial charge on any atom is 0.221 e. The Morgan fingerprint density at radius 3 is 2.79 bits per heavy atom. The molecule has 1 amide bonds. The zero-order valence-corrected chi connectivity index (χ0v) is 16.2. The van der Waals surface area contributed by atoms with Crippen LogP contribution in [0.3, 0.4) is 0 Å². The molecule has 1 aromatic heterocycles. The van der Waals surface area contributed by atoms with Gasteiger partial charge in [-0.1, -0.05) is 24.3 Å². The van der Waals surface area contributed by atoms with E-state index in [0.29, 0.717) is 6.04 Å². The van der Waals surface area contributed by atoms with Crippen molar-refractivity contribution in [3.05, 3.63) is 60.4 Å². The number of nitrogens with zero attached hydrogens (tertiary/aromatic N) is 2. The lowest BCUT2D eigenvalue weighted by atomic mass is 9.98. The molecule has 0 unspecified atom stereocenters. The van der Waals surface area contributed by atoms with Gasteiger partial charge < -0.3 is 11.1 Å². The van der Waals surface area contributed by atoms with Crippen molar-refractivity contribution in [3.8, 4) is 11.1 Å². The molecule has 144 valence electrons. The Balaban J connectivity index is 1.66. The van der Waals surface area contributed by atoms with Gasteiger partial charge in [-0.15, -0.1) is 0 Å². The number of amides is 1. The molecule has 0 saturated carbocycles. The standard InChI is InChI=1S/C23H26N4O/c1-16(28)26-21-4-2-3-18(12-21)23-14-25-13-19-6-5-17(11-22(19)23)15-27-9-7-20(24)8-10-27/h2-6,11-14,20H,7-10,15,24H2,1H3,(H,26,28). The quantitative estimate of drug-likeness (QED) is 0.729. The van der Waals surface area contributed by atoms with E-state index in [-0.39, 0.29) is 5.91 Å². The molecule has 1 aliphatic rings. The highest BCUT2D eigenvalue weighted by Crippen LogP contribution is 2.30. The van der Waals surface area contributed by atoms with Gasteiger partial charge >= 0.3 is 0 Å². The second kappa shape index (κ2) is 8.09. The van der Waals surface area contributed by atoms with Gasteiger partial charge in [0.1, 0.15) is 0 Å². The van der Waals surface area contributed by atoms with Crippen molar-refractivity contribution in [2.75, 3.05) is 18.4 Å². The third-order valence-electron chi connectivity index (χ3n) is 5.36. The number of hydrogen-bond acceptors (Lipinski definition) is 4. The van der Waals surface area contributed by atoms with E-state index >= 15 is 0 Å². The Hall–Kier alpha value is -2.76. The number of benzene rings is 2. The van der Waals surface area contributed by atoms with Crippen molar-refractivity contribution in [1.82, 2.24) is 9.88 Å². The first-order valence-electron chi connectivity index (χ1n) is 9.81. The van der Waals surface area contributed by atoms with Gasteiger partial charge in [0, 0.05) is 48.5 Å². The van der Waals surface area contributed by atoms with E-state index in [9.17, 15) is 4.79 Å². The van der Waals surface area contributed by atoms with E-state index in [1.54, 1.807) is 0 Å². The van der Waals surface area contributed by atoms with Crippen LogP contribution in [0.15, 0.2) is 54.9 Å². The molecular formula is C23H26N4O. The number of fused-ring (bicyclic) bond motifs is 1. The summed E-state index contributed by atoms with van der Waals surface area (Å²) >= 11 is 0. The van der Waals surface area contributed by atoms with Crippen LogP contribution in [0, 0.1) is 0 Å². The van der Waals surface area contributed by atoms with Crippen molar-refractivity contribution in [2.45, 2.75) is 32.4 Å². The summed E-state index contributed by atoms with van der Waals surface area (Å²) in [6.45, 7) is 4.57. The summed E-state index contributed by atoms with van der Waals surface area (Å²) in [6, 6.07) is 14.9. The van der Waals surface area contributed by atoms with E-state index in [1.165, 1.54) is 17.9 Å². The molecule has 1 fully saturated rings. The molecule has 1 aliphatic heterocycles. The van der Waals surface area contributed by atoms with Gasteiger partial charge in [0.15, 0.2) is 0 Å². The normalized spacial score (nSPS) is 15.6. The molecule has 4 rings (SSSR count). The number of aromatic nitrogens is 1. The third-order valence-corrected chi connectivity index (χ3v) is 5.36. The number of carbonyl (C=O) groups excluding carboxylic acids is 1. The molecule has 3 N–H and O–H groups in total. The van der Waals surface area contributed by atoms with Gasteiger partial charge in [0.2, 0.25) is 5.91 Å². The number of nitrogens with two attached hydrogens (primary N) is 1. The molecule has 2 heterocycles. The van der Waals surface area contributed by atoms with Crippen LogP contribution in [-0.2, 0) is 11.3 Å². The van der Waals surface area contributed by atoms with Gasteiger partial charge in [0.25, 0.3) is 0 Å². The van der Waals surface area contributed by atoms with Crippen molar-refractivity contribution in [2.24, 2.45) is 5.73 Å². The average Bonchev–Trinajstić information content (AvgIpc) is 2.69. The highest BCUT2D eigenvalue weighted by molar-refractivity contribution is 5.97. The minimum absolute atomic E-state index is 0.0725. The summed E-state index contributed by atoms with van der Waals surface area (Å²) in [5, 5.41) is 5.15. The highest BCUT2D eigenvalue weighted by Gasteiger charge is 2.16. The molecule has 1 saturated heterocycles. The third kappa shape index (κ3) is 4.21. The number of hydrogen-bond donors (Lipinski definition) is 2. The van der Waals surface area contributed by atoms with E-state index in [4.69, 9.17) is 5.73 Å². The molecule has 0 spiro atoms. The summed E-state index contributed by atoms with van der Waals surface area (Å²) in [6.07, 6.45) is 5.94. The predicted octanol–water partition coefficient (Wildman–Crippen LogP) is 3.78. The lowest BCUT2D eigenvalue weighted by Gasteiger charge is -2.30. The number of likely N-dealkylation sites (tertiary alicyclic amines) is 1. The fraction of sp³-hybridized carbons (Fsp3) is 0.304. The first kappa shape index (κ1) is 18.6. The van der Waals surface area contributed by atoms with E-state index in [1.807, 2.05) is 30.6 Å². The van der Waals surface area contributed by atoms with E-state index < -0.39 is 0 Å². The van der Waals surface area contributed by atoms with Crippen molar-refractivity contribution >= 4 is 22.4 Å². The Morgan fingerprint density at radius 1 is 1.18 bits per heavy atom. The summed E-state index contributed by atoms with van der Waals surface area (Å²) in [5.41, 5.74) is 10.2. The second-order valence-corrected chi connectivity index (χ2v) is 7.62. The molecule has 5 heteroatoms. The van der Waals surface area contributed by atoms with Crippen LogP contribution in [0.1, 0.15) is 25.3 Å². The summed E-state index contributed by atoms with van der Waals surface area (Å²) < 4.78 is 0. The van der Waals surface area contributed by atoms with Crippen LogP contribution in [0.4, 0.5) is 5.69 Å². The fourth-order valence-corrected chi connectivity index (χ4v) is 3.88. The Morgan fingerprint density at radius 2 is 2.00 bits per heavy atom. The van der Waals surface area contributed by atoms with Crippen LogP contribution >= 0.6 is 0 Å². The van der Waals surface area contributed by atoms with Crippen molar-refractivity contribution in [3.63, 3.8) is 0 Å². The molecule has 0 atom stereocenters. The van der Waals surface area contributed by atoms with Gasteiger partial charge in [0.05, 0.1) is 0 Å². The van der Waals surface area contributed by atoms with Gasteiger partial charge in [-0.3, -0.25) is 14.7 Å². The van der Waals surface area contributed by atoms with Crippen molar-refractivity contribution < 1.29 is 4.79 Å². The number of nitrogens with one attached hydrogen (secondary N) is 1. The lowest BCUT2D eigenvalue weighted by Crippen LogP contribution is -2.39. The van der Waals surface area contributed by atoms with Crippen LogP contribution in [0.5, 0.6) is 0 Å². The van der Waals surface area contributed by atoms with Crippen LogP contribution < -0.4 is 11.1 Å². The SMILES string of the molecule is CC(=O)Nc1cccc(-c2cncc3ccc(CN4CCC(N)CC4)cc23)c1. The molecule has 3 aromatic rings. The molecule has 0 aliphatic carbocycles. The Kier molecular flexibility index (Phi) is 5.37. The van der Waals surface area contributed by atoms with Gasteiger partial charge in [-0.05, 0) is 60.6 Å². The van der Waals surface area contributed by atoms with Crippen molar-refractivity contribution in [1.29, 1.82) is 0 Å². The smallest absolute Gasteiger partial charge is 0.221 e. The molecular weight excluding hydrogens is 348 g/mol. The first-order chi connectivity index (χ1) is 13.6. The number of carbonyl (C=O) groups is 1. The van der Waals surface area contributed by atoms with E-state index in [0.717, 1.165) is 54.7 Å². The summed E-state index contributed by atoms with van der Waals surface area (Å²) in [5.74, 6) is -0.0725. The molecule has 28 heavy (non-hydrogen) atoms. The Labute approximate surface area is 165 Å². The highest BCUT2D eigenvalue weighted by atomic mass is 16.1. The lowest BCUT2D eigenvalue weighted by molar-refractivity contribution is -0.114. The van der Waals surface area contributed by atoms with Gasteiger partial charge in [-0.25, -0.2) is 0 Å². The predicted molar refractivity (Wildman–Crippen MR) is 114 cm³/mol. The summed E-state index contributed by atoms with van der Waals surface area (Å²) in [4.78, 5) is 18.3. The van der Waals surface area contributed by atoms with Crippen LogP contribution in [0.2, 0.25) is 0 Å². The maximum atomic E-state index is 11.4. The number of rotatable bonds is 4. The molecule has 2 aromatic carbocycles. The largest absolute Gasteiger partial charge is 0.328 e. The van der Waals surface area contributed by atoms with Crippen LogP contribution in [0.25, 0.3) is 21.9 Å². The zero-order valence-electron chi connectivity index (χ0n) is 16.2. The second-order valence-electron chi connectivity index (χ2n) is 7.62. The summed E-state index contributed by atoms with van der Waals surface area (Å²) in [7, 11) is 0. The number of pyridine rings is 1. The zero-order chi connectivity index (χ0) is 19.5. The number of piperidine rings is 1. The average molecular weight is 374 g/mol. The number of anilines is 1.